The van der Waals surface area contributed by atoms with Crippen molar-refractivity contribution >= 4 is 22.7 Å². The average molecular weight is 335 g/mol. The van der Waals surface area contributed by atoms with Crippen LogP contribution >= 0.6 is 0 Å². The molecule has 0 bridgehead atoms. The summed E-state index contributed by atoms with van der Waals surface area (Å²) in [6, 6.07) is 17.1. The molecule has 128 valence electrons. The molecule has 1 atom stereocenters. The Kier molecular flexibility index (Phi) is 5.14. The number of benzene rings is 2. The van der Waals surface area contributed by atoms with E-state index in [0.29, 0.717) is 5.56 Å². The Morgan fingerprint density at radius 3 is 2.48 bits per heavy atom. The fourth-order valence-electron chi connectivity index (χ4n) is 2.96. The Bertz CT molecular complexity index is 871. The van der Waals surface area contributed by atoms with Crippen molar-refractivity contribution in [2.75, 3.05) is 0 Å². The molecule has 0 aliphatic carbocycles. The second kappa shape index (κ2) is 7.66. The molecule has 0 fully saturated rings. The number of H-pyrrole nitrogens is 1. The third-order valence-electron chi connectivity index (χ3n) is 4.23. The van der Waals surface area contributed by atoms with Crippen molar-refractivity contribution in [2.24, 2.45) is 0 Å². The molecular formula is C20H21N3O2. The van der Waals surface area contributed by atoms with Crippen LogP contribution in [0.15, 0.2) is 60.8 Å². The van der Waals surface area contributed by atoms with Crippen LogP contribution in [0.4, 0.5) is 0 Å². The van der Waals surface area contributed by atoms with Crippen LogP contribution < -0.4 is 10.9 Å². The van der Waals surface area contributed by atoms with Crippen LogP contribution in [-0.2, 0) is 4.79 Å². The van der Waals surface area contributed by atoms with Gasteiger partial charge in [-0.25, -0.2) is 0 Å². The SMILES string of the molecule is CCCC(C(=O)NNC(=O)c1c[nH]c2ccccc12)c1ccccc1. The molecule has 0 spiro atoms. The Balaban J connectivity index is 1.69. The number of para-hydroxylation sites is 1. The molecule has 1 unspecified atom stereocenters. The van der Waals surface area contributed by atoms with E-state index in [1.54, 1.807) is 6.20 Å². The molecule has 5 nitrogen and oxygen atoms in total. The van der Waals surface area contributed by atoms with E-state index in [4.69, 9.17) is 0 Å². The smallest absolute Gasteiger partial charge is 0.271 e. The summed E-state index contributed by atoms with van der Waals surface area (Å²) in [5.41, 5.74) is 7.43. The number of amides is 2. The molecule has 5 heteroatoms. The Morgan fingerprint density at radius 2 is 1.72 bits per heavy atom. The van der Waals surface area contributed by atoms with Gasteiger partial charge < -0.3 is 4.98 Å². The van der Waals surface area contributed by atoms with E-state index >= 15 is 0 Å². The molecule has 2 aromatic carbocycles. The molecular weight excluding hydrogens is 314 g/mol. The standard InChI is InChI=1S/C20H21N3O2/c1-2-8-15(14-9-4-3-5-10-14)19(24)22-23-20(25)17-13-21-18-12-7-6-11-16(17)18/h3-7,9-13,15,21H,2,8H2,1H3,(H,22,24)(H,23,25). The molecule has 0 aliphatic heterocycles. The number of aromatic nitrogens is 1. The lowest BCUT2D eigenvalue weighted by atomic mass is 9.94. The highest BCUT2D eigenvalue weighted by Crippen LogP contribution is 2.21. The second-order valence-corrected chi connectivity index (χ2v) is 5.94. The fraction of sp³-hybridized carbons (Fsp3) is 0.200. The van der Waals surface area contributed by atoms with Crippen LogP contribution in [0.3, 0.4) is 0 Å². The Labute approximate surface area is 146 Å². The van der Waals surface area contributed by atoms with Gasteiger partial charge in [0.05, 0.1) is 11.5 Å². The molecule has 0 saturated heterocycles. The number of fused-ring (bicyclic) bond motifs is 1. The summed E-state index contributed by atoms with van der Waals surface area (Å²) < 4.78 is 0. The summed E-state index contributed by atoms with van der Waals surface area (Å²) >= 11 is 0. The maximum Gasteiger partial charge on any atom is 0.271 e. The predicted octanol–water partition coefficient (Wildman–Crippen LogP) is 3.51. The maximum atomic E-state index is 12.5. The first-order chi connectivity index (χ1) is 12.2. The number of hydrogen-bond acceptors (Lipinski definition) is 2. The number of rotatable bonds is 5. The van der Waals surface area contributed by atoms with E-state index in [-0.39, 0.29) is 17.7 Å². The molecule has 0 aliphatic rings. The third kappa shape index (κ3) is 3.71. The first-order valence-electron chi connectivity index (χ1n) is 8.42. The maximum absolute atomic E-state index is 12.5. The van der Waals surface area contributed by atoms with Crippen LogP contribution in [0, 0.1) is 0 Å². The van der Waals surface area contributed by atoms with Crippen molar-refractivity contribution in [3.63, 3.8) is 0 Å². The summed E-state index contributed by atoms with van der Waals surface area (Å²) in [5, 5.41) is 0.822. The van der Waals surface area contributed by atoms with Crippen LogP contribution in [-0.4, -0.2) is 16.8 Å². The molecule has 3 aromatic rings. The lowest BCUT2D eigenvalue weighted by molar-refractivity contribution is -0.123. The van der Waals surface area contributed by atoms with Gasteiger partial charge in [0.1, 0.15) is 0 Å². The van der Waals surface area contributed by atoms with E-state index in [2.05, 4.69) is 15.8 Å². The minimum atomic E-state index is -0.339. The zero-order chi connectivity index (χ0) is 17.6. The molecule has 1 aromatic heterocycles. The molecule has 0 radical (unpaired) electrons. The average Bonchev–Trinajstić information content (AvgIpc) is 3.09. The van der Waals surface area contributed by atoms with Gasteiger partial charge in [0.15, 0.2) is 0 Å². The van der Waals surface area contributed by atoms with Crippen LogP contribution in [0.25, 0.3) is 10.9 Å². The number of aromatic amines is 1. The van der Waals surface area contributed by atoms with Crippen molar-refractivity contribution in [1.29, 1.82) is 0 Å². The molecule has 2 amide bonds. The Hall–Kier alpha value is -3.08. The zero-order valence-electron chi connectivity index (χ0n) is 14.1. The van der Waals surface area contributed by atoms with Gasteiger partial charge in [-0.1, -0.05) is 61.9 Å². The third-order valence-corrected chi connectivity index (χ3v) is 4.23. The number of carbonyl (C=O) groups excluding carboxylic acids is 2. The van der Waals surface area contributed by atoms with Gasteiger partial charge in [0.2, 0.25) is 5.91 Å². The van der Waals surface area contributed by atoms with Gasteiger partial charge in [-0.2, -0.15) is 0 Å². The Morgan fingerprint density at radius 1 is 1.00 bits per heavy atom. The van der Waals surface area contributed by atoms with Crippen molar-refractivity contribution in [3.8, 4) is 0 Å². The van der Waals surface area contributed by atoms with Crippen molar-refractivity contribution in [1.82, 2.24) is 15.8 Å². The monoisotopic (exact) mass is 335 g/mol. The summed E-state index contributed by atoms with van der Waals surface area (Å²) in [6.07, 6.45) is 3.25. The number of hydrogen-bond donors (Lipinski definition) is 3. The second-order valence-electron chi connectivity index (χ2n) is 5.94. The summed E-state index contributed by atoms with van der Waals surface area (Å²) in [7, 11) is 0. The highest BCUT2D eigenvalue weighted by Gasteiger charge is 2.20. The first-order valence-corrected chi connectivity index (χ1v) is 8.42. The molecule has 3 N–H and O–H groups in total. The number of hydrazine groups is 1. The van der Waals surface area contributed by atoms with Crippen molar-refractivity contribution < 1.29 is 9.59 Å². The predicted molar refractivity (Wildman–Crippen MR) is 98.0 cm³/mol. The normalized spacial score (nSPS) is 11.9. The lowest BCUT2D eigenvalue weighted by Gasteiger charge is -2.16. The number of carbonyl (C=O) groups is 2. The van der Waals surface area contributed by atoms with E-state index in [9.17, 15) is 9.59 Å². The molecule has 0 saturated carbocycles. The van der Waals surface area contributed by atoms with E-state index in [1.807, 2.05) is 61.5 Å². The van der Waals surface area contributed by atoms with Gasteiger partial charge >= 0.3 is 0 Å². The summed E-state index contributed by atoms with van der Waals surface area (Å²) in [4.78, 5) is 28.0. The molecule has 1 heterocycles. The molecule has 25 heavy (non-hydrogen) atoms. The molecule has 3 rings (SSSR count). The van der Waals surface area contributed by atoms with Gasteiger partial charge in [0, 0.05) is 17.1 Å². The van der Waals surface area contributed by atoms with Crippen molar-refractivity contribution in [3.05, 3.63) is 71.9 Å². The van der Waals surface area contributed by atoms with Crippen LogP contribution in [0.2, 0.25) is 0 Å². The minimum Gasteiger partial charge on any atom is -0.360 e. The quantitative estimate of drug-likeness (QED) is 0.624. The highest BCUT2D eigenvalue weighted by atomic mass is 16.2. The summed E-state index contributed by atoms with van der Waals surface area (Å²) in [6.45, 7) is 2.04. The van der Waals surface area contributed by atoms with Gasteiger partial charge in [-0.15, -0.1) is 0 Å². The lowest BCUT2D eigenvalue weighted by Crippen LogP contribution is -2.43. The van der Waals surface area contributed by atoms with Gasteiger partial charge in [0.25, 0.3) is 5.91 Å². The van der Waals surface area contributed by atoms with Gasteiger partial charge in [-0.05, 0) is 18.1 Å². The van der Waals surface area contributed by atoms with Gasteiger partial charge in [-0.3, -0.25) is 20.4 Å². The number of nitrogens with one attached hydrogen (secondary N) is 3. The zero-order valence-corrected chi connectivity index (χ0v) is 14.1. The minimum absolute atomic E-state index is 0.207. The van der Waals surface area contributed by atoms with E-state index in [0.717, 1.165) is 29.3 Å². The first kappa shape index (κ1) is 16.8. The largest absolute Gasteiger partial charge is 0.360 e. The summed E-state index contributed by atoms with van der Waals surface area (Å²) in [5.74, 6) is -0.829. The topological polar surface area (TPSA) is 74.0 Å². The van der Waals surface area contributed by atoms with E-state index < -0.39 is 0 Å². The van der Waals surface area contributed by atoms with Crippen molar-refractivity contribution in [2.45, 2.75) is 25.7 Å². The van der Waals surface area contributed by atoms with Crippen LogP contribution in [0.5, 0.6) is 0 Å². The van der Waals surface area contributed by atoms with Crippen LogP contribution in [0.1, 0.15) is 41.6 Å². The fourth-order valence-corrected chi connectivity index (χ4v) is 2.96. The highest BCUT2D eigenvalue weighted by molar-refractivity contribution is 6.07. The van der Waals surface area contributed by atoms with E-state index in [1.165, 1.54) is 0 Å².